The summed E-state index contributed by atoms with van der Waals surface area (Å²) in [7, 11) is 0. The zero-order valence-electron chi connectivity index (χ0n) is 8.53. The summed E-state index contributed by atoms with van der Waals surface area (Å²) in [4.78, 5) is 0.639. The van der Waals surface area contributed by atoms with Crippen LogP contribution < -0.4 is 0 Å². The minimum Gasteiger partial charge on any atom is -0.204 e. The van der Waals surface area contributed by atoms with E-state index in [1.807, 2.05) is 0 Å². The van der Waals surface area contributed by atoms with E-state index in [0.29, 0.717) is 15.8 Å². The molecule has 0 aliphatic heterocycles. The first-order valence-electron chi connectivity index (χ1n) is 4.71. The standard InChI is InChI=1S/C11H7ClF2N2S/c12-11-4-1-7(15-16-11)6-17-8-2-3-9(13)10(14)5-8/h1-5H,6H2. The van der Waals surface area contributed by atoms with Gasteiger partial charge in [0.25, 0.3) is 0 Å². The van der Waals surface area contributed by atoms with E-state index >= 15 is 0 Å². The minimum atomic E-state index is -0.850. The van der Waals surface area contributed by atoms with Gasteiger partial charge in [-0.05, 0) is 30.3 Å². The summed E-state index contributed by atoms with van der Waals surface area (Å²) in [6.07, 6.45) is 0. The van der Waals surface area contributed by atoms with Crippen molar-refractivity contribution in [1.82, 2.24) is 10.2 Å². The Labute approximate surface area is 106 Å². The number of thioether (sulfide) groups is 1. The van der Waals surface area contributed by atoms with E-state index in [0.717, 1.165) is 17.8 Å². The molecule has 1 heterocycles. The average molecular weight is 273 g/mol. The molecule has 2 nitrogen and oxygen atoms in total. The lowest BCUT2D eigenvalue weighted by molar-refractivity contribution is 0.506. The number of nitrogens with zero attached hydrogens (tertiary/aromatic N) is 2. The van der Waals surface area contributed by atoms with Gasteiger partial charge in [0.15, 0.2) is 16.8 Å². The molecule has 0 N–H and O–H groups in total. The van der Waals surface area contributed by atoms with Gasteiger partial charge in [0, 0.05) is 10.6 Å². The molecule has 17 heavy (non-hydrogen) atoms. The molecule has 0 saturated heterocycles. The van der Waals surface area contributed by atoms with Crippen LogP contribution in [-0.4, -0.2) is 10.2 Å². The summed E-state index contributed by atoms with van der Waals surface area (Å²) in [5.41, 5.74) is 0.726. The topological polar surface area (TPSA) is 25.8 Å². The Morgan fingerprint density at radius 3 is 2.53 bits per heavy atom. The lowest BCUT2D eigenvalue weighted by Crippen LogP contribution is -1.90. The third kappa shape index (κ3) is 3.38. The van der Waals surface area contributed by atoms with Crippen molar-refractivity contribution in [3.8, 4) is 0 Å². The molecule has 1 aromatic carbocycles. The molecule has 0 atom stereocenters. The number of hydrogen-bond donors (Lipinski definition) is 0. The molecule has 0 aliphatic carbocycles. The van der Waals surface area contributed by atoms with E-state index in [2.05, 4.69) is 10.2 Å². The number of aromatic nitrogens is 2. The number of hydrogen-bond acceptors (Lipinski definition) is 3. The monoisotopic (exact) mass is 272 g/mol. The maximum absolute atomic E-state index is 12.9. The van der Waals surface area contributed by atoms with Crippen molar-refractivity contribution in [2.24, 2.45) is 0 Å². The van der Waals surface area contributed by atoms with Gasteiger partial charge in [-0.2, -0.15) is 5.10 Å². The van der Waals surface area contributed by atoms with Crippen molar-refractivity contribution >= 4 is 23.4 Å². The van der Waals surface area contributed by atoms with E-state index in [9.17, 15) is 8.78 Å². The van der Waals surface area contributed by atoms with E-state index in [1.165, 1.54) is 17.8 Å². The maximum atomic E-state index is 12.9. The highest BCUT2D eigenvalue weighted by Crippen LogP contribution is 2.23. The van der Waals surface area contributed by atoms with Crippen LogP contribution in [0.4, 0.5) is 8.78 Å². The third-order valence-electron chi connectivity index (χ3n) is 1.97. The molecule has 1 aromatic heterocycles. The molecule has 0 bridgehead atoms. The molecule has 0 fully saturated rings. The van der Waals surface area contributed by atoms with Gasteiger partial charge in [0.05, 0.1) is 5.69 Å². The summed E-state index contributed by atoms with van der Waals surface area (Å²) in [5, 5.41) is 7.88. The molecule has 6 heteroatoms. The second-order valence-corrected chi connectivity index (χ2v) is 4.65. The van der Waals surface area contributed by atoms with Crippen molar-refractivity contribution in [2.75, 3.05) is 0 Å². The quantitative estimate of drug-likeness (QED) is 0.797. The van der Waals surface area contributed by atoms with E-state index < -0.39 is 11.6 Å². The maximum Gasteiger partial charge on any atom is 0.159 e. The molecule has 0 radical (unpaired) electrons. The zero-order valence-corrected chi connectivity index (χ0v) is 10.1. The Morgan fingerprint density at radius 2 is 1.88 bits per heavy atom. The Morgan fingerprint density at radius 1 is 1.06 bits per heavy atom. The Balaban J connectivity index is 2.02. The summed E-state index contributed by atoms with van der Waals surface area (Å²) in [6, 6.07) is 7.15. The lowest BCUT2D eigenvalue weighted by atomic mass is 10.3. The van der Waals surface area contributed by atoms with Crippen LogP contribution in [-0.2, 0) is 5.75 Å². The number of halogens is 3. The summed E-state index contributed by atoms with van der Waals surface area (Å²) < 4.78 is 25.6. The zero-order chi connectivity index (χ0) is 12.3. The molecule has 2 rings (SSSR count). The van der Waals surface area contributed by atoms with Gasteiger partial charge >= 0.3 is 0 Å². The Kier molecular flexibility index (Phi) is 3.91. The smallest absolute Gasteiger partial charge is 0.159 e. The average Bonchev–Trinajstić information content (AvgIpc) is 2.33. The molecular formula is C11H7ClF2N2S. The highest BCUT2D eigenvalue weighted by molar-refractivity contribution is 7.98. The van der Waals surface area contributed by atoms with E-state index in [4.69, 9.17) is 11.6 Å². The first kappa shape index (κ1) is 12.3. The highest BCUT2D eigenvalue weighted by atomic mass is 35.5. The van der Waals surface area contributed by atoms with Gasteiger partial charge in [-0.15, -0.1) is 16.9 Å². The second-order valence-electron chi connectivity index (χ2n) is 3.21. The number of benzene rings is 1. The van der Waals surface area contributed by atoms with Crippen molar-refractivity contribution in [3.63, 3.8) is 0 Å². The fourth-order valence-corrected chi connectivity index (χ4v) is 2.06. The molecule has 0 saturated carbocycles. The minimum absolute atomic E-state index is 0.326. The van der Waals surface area contributed by atoms with Crippen LogP contribution in [0.15, 0.2) is 35.2 Å². The molecule has 0 aliphatic rings. The van der Waals surface area contributed by atoms with E-state index in [1.54, 1.807) is 12.1 Å². The van der Waals surface area contributed by atoms with Gasteiger partial charge in [-0.1, -0.05) is 11.6 Å². The Bertz CT molecular complexity index is 519. The van der Waals surface area contributed by atoms with Crippen molar-refractivity contribution in [1.29, 1.82) is 0 Å². The van der Waals surface area contributed by atoms with Gasteiger partial charge in [-0.3, -0.25) is 0 Å². The van der Waals surface area contributed by atoms with Crippen molar-refractivity contribution < 1.29 is 8.78 Å². The highest BCUT2D eigenvalue weighted by Gasteiger charge is 2.04. The van der Waals surface area contributed by atoms with Crippen LogP contribution in [0.25, 0.3) is 0 Å². The van der Waals surface area contributed by atoms with Crippen LogP contribution in [0.5, 0.6) is 0 Å². The second kappa shape index (κ2) is 5.42. The fourth-order valence-electron chi connectivity index (χ4n) is 1.14. The van der Waals surface area contributed by atoms with Crippen LogP contribution in [0.2, 0.25) is 5.15 Å². The molecule has 88 valence electrons. The van der Waals surface area contributed by atoms with Crippen molar-refractivity contribution in [2.45, 2.75) is 10.6 Å². The summed E-state index contributed by atoms with van der Waals surface area (Å²) in [5.74, 6) is -1.17. The van der Waals surface area contributed by atoms with Crippen LogP contribution in [0.1, 0.15) is 5.69 Å². The molecule has 0 unspecified atom stereocenters. The van der Waals surface area contributed by atoms with E-state index in [-0.39, 0.29) is 0 Å². The Hall–Kier alpha value is -1.20. The molecule has 0 spiro atoms. The molecular weight excluding hydrogens is 266 g/mol. The van der Waals surface area contributed by atoms with Gasteiger partial charge < -0.3 is 0 Å². The summed E-state index contributed by atoms with van der Waals surface area (Å²) in [6.45, 7) is 0. The van der Waals surface area contributed by atoms with Crippen LogP contribution in [0, 0.1) is 11.6 Å². The first-order chi connectivity index (χ1) is 8.15. The predicted octanol–water partition coefficient (Wildman–Crippen LogP) is 3.70. The lowest BCUT2D eigenvalue weighted by Gasteiger charge is -2.01. The van der Waals surface area contributed by atoms with Crippen LogP contribution in [0.3, 0.4) is 0 Å². The third-order valence-corrected chi connectivity index (χ3v) is 3.19. The predicted molar refractivity (Wildman–Crippen MR) is 63.0 cm³/mol. The molecule has 0 amide bonds. The number of rotatable bonds is 3. The fraction of sp³-hybridized carbons (Fsp3) is 0.0909. The van der Waals surface area contributed by atoms with Crippen LogP contribution >= 0.6 is 23.4 Å². The largest absolute Gasteiger partial charge is 0.204 e. The van der Waals surface area contributed by atoms with Crippen molar-refractivity contribution in [3.05, 3.63) is 52.8 Å². The first-order valence-corrected chi connectivity index (χ1v) is 6.07. The SMILES string of the molecule is Fc1ccc(SCc2ccc(Cl)nn2)cc1F. The van der Waals surface area contributed by atoms with Gasteiger partial charge in [-0.25, -0.2) is 8.78 Å². The summed E-state index contributed by atoms with van der Waals surface area (Å²) >= 11 is 6.95. The van der Waals surface area contributed by atoms with Gasteiger partial charge in [0.1, 0.15) is 0 Å². The van der Waals surface area contributed by atoms with Gasteiger partial charge in [0.2, 0.25) is 0 Å². The normalized spacial score (nSPS) is 10.5. The molecule has 2 aromatic rings.